The molecule has 1 atom stereocenters. The summed E-state index contributed by atoms with van der Waals surface area (Å²) in [4.78, 5) is 31.7. The monoisotopic (exact) mass is 438 g/mol. The second-order valence-corrected chi connectivity index (χ2v) is 7.89. The molecule has 1 aliphatic heterocycles. The number of ketones is 1. The van der Waals surface area contributed by atoms with E-state index in [-0.39, 0.29) is 17.4 Å². The van der Waals surface area contributed by atoms with Gasteiger partial charge in [0.2, 0.25) is 0 Å². The first-order valence-corrected chi connectivity index (χ1v) is 11.0. The number of carbonyl (C=O) groups is 2. The third kappa shape index (κ3) is 5.34. The van der Waals surface area contributed by atoms with E-state index in [2.05, 4.69) is 4.98 Å². The van der Waals surface area contributed by atoms with Crippen LogP contribution in [0.25, 0.3) is 5.76 Å². The molecule has 1 aromatic carbocycles. The van der Waals surface area contributed by atoms with Crippen molar-refractivity contribution in [3.8, 4) is 5.75 Å². The number of nitrogens with zero attached hydrogens (tertiary/aromatic N) is 2. The Hall–Kier alpha value is -3.19. The predicted molar refractivity (Wildman–Crippen MR) is 121 cm³/mol. The van der Waals surface area contributed by atoms with E-state index in [0.29, 0.717) is 43.2 Å². The average Bonchev–Trinajstić information content (AvgIpc) is 3.05. The van der Waals surface area contributed by atoms with Crippen LogP contribution >= 0.6 is 0 Å². The summed E-state index contributed by atoms with van der Waals surface area (Å²) in [5.41, 5.74) is 1.01. The smallest absolute Gasteiger partial charge is 0.295 e. The minimum Gasteiger partial charge on any atom is -0.507 e. The molecular weight excluding hydrogens is 408 g/mol. The number of ether oxygens (including phenoxy) is 2. The lowest BCUT2D eigenvalue weighted by Crippen LogP contribution is -2.31. The topological polar surface area (TPSA) is 89.0 Å². The van der Waals surface area contributed by atoms with Crippen LogP contribution in [0.4, 0.5) is 0 Å². The Bertz CT molecular complexity index is 954. The van der Waals surface area contributed by atoms with Crippen LogP contribution in [0.3, 0.4) is 0 Å². The highest BCUT2D eigenvalue weighted by molar-refractivity contribution is 6.46. The number of amides is 1. The zero-order valence-corrected chi connectivity index (χ0v) is 18.8. The molecule has 0 aliphatic carbocycles. The molecule has 1 aromatic heterocycles. The molecule has 0 radical (unpaired) electrons. The highest BCUT2D eigenvalue weighted by Gasteiger charge is 2.46. The second-order valence-electron chi connectivity index (χ2n) is 7.89. The van der Waals surface area contributed by atoms with Crippen LogP contribution < -0.4 is 4.74 Å². The van der Waals surface area contributed by atoms with Crippen molar-refractivity contribution < 1.29 is 24.2 Å². The van der Waals surface area contributed by atoms with Gasteiger partial charge in [0.15, 0.2) is 0 Å². The molecule has 1 unspecified atom stereocenters. The van der Waals surface area contributed by atoms with Crippen LogP contribution in [0, 0.1) is 0 Å². The van der Waals surface area contributed by atoms with Gasteiger partial charge >= 0.3 is 0 Å². The molecule has 1 amide bonds. The predicted octanol–water partition coefficient (Wildman–Crippen LogP) is 4.11. The molecule has 0 saturated carbocycles. The summed E-state index contributed by atoms with van der Waals surface area (Å²) in [5.74, 6) is -0.902. The first-order chi connectivity index (χ1) is 15.4. The summed E-state index contributed by atoms with van der Waals surface area (Å²) < 4.78 is 11.2. The first-order valence-electron chi connectivity index (χ1n) is 11.0. The molecule has 7 heteroatoms. The van der Waals surface area contributed by atoms with Gasteiger partial charge in [-0.15, -0.1) is 0 Å². The van der Waals surface area contributed by atoms with Crippen molar-refractivity contribution in [2.45, 2.75) is 45.8 Å². The lowest BCUT2D eigenvalue weighted by molar-refractivity contribution is -0.140. The summed E-state index contributed by atoms with van der Waals surface area (Å²) >= 11 is 0. The van der Waals surface area contributed by atoms with E-state index >= 15 is 0 Å². The van der Waals surface area contributed by atoms with E-state index < -0.39 is 17.7 Å². The minimum absolute atomic E-state index is 0.0423. The van der Waals surface area contributed by atoms with Gasteiger partial charge in [-0.05, 0) is 63.1 Å². The molecule has 1 fully saturated rings. The maximum absolute atomic E-state index is 13.0. The summed E-state index contributed by atoms with van der Waals surface area (Å²) in [6.07, 6.45) is 3.15. The van der Waals surface area contributed by atoms with Crippen LogP contribution in [-0.4, -0.2) is 52.5 Å². The number of carbonyl (C=O) groups excluding carboxylic acids is 2. The molecule has 2 heterocycles. The van der Waals surface area contributed by atoms with Crippen molar-refractivity contribution in [3.63, 3.8) is 0 Å². The zero-order valence-electron chi connectivity index (χ0n) is 18.8. The quantitative estimate of drug-likeness (QED) is 0.260. The average molecular weight is 439 g/mol. The molecule has 170 valence electrons. The molecule has 2 aromatic rings. The van der Waals surface area contributed by atoms with Crippen LogP contribution in [0.15, 0.2) is 54.2 Å². The van der Waals surface area contributed by atoms with Gasteiger partial charge < -0.3 is 19.5 Å². The normalized spacial score (nSPS) is 17.9. The summed E-state index contributed by atoms with van der Waals surface area (Å²) in [5, 5.41) is 11.1. The van der Waals surface area contributed by atoms with Crippen LogP contribution in [-0.2, 0) is 14.3 Å². The van der Waals surface area contributed by atoms with Gasteiger partial charge in [-0.25, -0.2) is 0 Å². The van der Waals surface area contributed by atoms with E-state index in [1.54, 1.807) is 48.7 Å². The van der Waals surface area contributed by atoms with Crippen LogP contribution in [0.5, 0.6) is 5.75 Å². The van der Waals surface area contributed by atoms with Crippen molar-refractivity contribution in [2.75, 3.05) is 19.8 Å². The van der Waals surface area contributed by atoms with E-state index in [1.165, 1.54) is 4.90 Å². The number of aliphatic hydroxyl groups excluding tert-OH is 1. The number of likely N-dealkylation sites (tertiary alicyclic amines) is 1. The second kappa shape index (κ2) is 10.9. The molecular formula is C25H30N2O5. The van der Waals surface area contributed by atoms with Gasteiger partial charge in [0, 0.05) is 24.9 Å². The highest BCUT2D eigenvalue weighted by atomic mass is 16.5. The Labute approximate surface area is 188 Å². The Morgan fingerprint density at radius 1 is 1.12 bits per heavy atom. The fourth-order valence-electron chi connectivity index (χ4n) is 3.59. The summed E-state index contributed by atoms with van der Waals surface area (Å²) in [6.45, 7) is 7.29. The number of benzene rings is 1. The number of aromatic nitrogens is 1. The van der Waals surface area contributed by atoms with Gasteiger partial charge in [-0.2, -0.15) is 0 Å². The number of rotatable bonds is 10. The van der Waals surface area contributed by atoms with Gasteiger partial charge in [-0.3, -0.25) is 14.6 Å². The molecule has 1 aliphatic rings. The highest BCUT2D eigenvalue weighted by Crippen LogP contribution is 2.38. The standard InChI is InChI=1S/C25H30N2O5/c1-4-15-32-19-11-9-18(10-12-19)23(28)21-22(20-8-5-6-13-26-20)27(25(30)24(21)29)14-7-16-31-17(2)3/h5-6,8-13,17,22,28H,4,7,14-16H2,1-3H3/b23-21-. The van der Waals surface area contributed by atoms with Crippen molar-refractivity contribution >= 4 is 17.4 Å². The van der Waals surface area contributed by atoms with Gasteiger partial charge in [0.1, 0.15) is 17.6 Å². The van der Waals surface area contributed by atoms with E-state index in [0.717, 1.165) is 6.42 Å². The van der Waals surface area contributed by atoms with Crippen molar-refractivity contribution in [2.24, 2.45) is 0 Å². The number of pyridine rings is 1. The SMILES string of the molecule is CCCOc1ccc(/C(O)=C2/C(=O)C(=O)N(CCCOC(C)C)C2c2ccccn2)cc1. The summed E-state index contributed by atoms with van der Waals surface area (Å²) in [6, 6.07) is 11.4. The van der Waals surface area contributed by atoms with E-state index in [9.17, 15) is 14.7 Å². The molecule has 7 nitrogen and oxygen atoms in total. The lowest BCUT2D eigenvalue weighted by Gasteiger charge is -2.24. The fraction of sp³-hybridized carbons (Fsp3) is 0.400. The molecule has 0 spiro atoms. The first kappa shape index (κ1) is 23.5. The fourth-order valence-corrected chi connectivity index (χ4v) is 3.59. The van der Waals surface area contributed by atoms with Crippen LogP contribution in [0.1, 0.15) is 50.9 Å². The summed E-state index contributed by atoms with van der Waals surface area (Å²) in [7, 11) is 0. The van der Waals surface area contributed by atoms with Gasteiger partial charge in [0.05, 0.1) is 24.0 Å². The third-order valence-electron chi connectivity index (χ3n) is 5.10. The Morgan fingerprint density at radius 2 is 1.88 bits per heavy atom. The van der Waals surface area contributed by atoms with Crippen molar-refractivity contribution in [1.82, 2.24) is 9.88 Å². The Morgan fingerprint density at radius 3 is 2.50 bits per heavy atom. The van der Waals surface area contributed by atoms with E-state index in [1.807, 2.05) is 20.8 Å². The number of hydrogen-bond acceptors (Lipinski definition) is 6. The minimum atomic E-state index is -0.758. The number of hydrogen-bond donors (Lipinski definition) is 1. The number of aliphatic hydroxyl groups is 1. The molecule has 3 rings (SSSR count). The maximum atomic E-state index is 13.0. The van der Waals surface area contributed by atoms with Crippen molar-refractivity contribution in [3.05, 3.63) is 65.5 Å². The Balaban J connectivity index is 1.94. The lowest BCUT2D eigenvalue weighted by atomic mass is 9.98. The third-order valence-corrected chi connectivity index (χ3v) is 5.10. The Kier molecular flexibility index (Phi) is 8.00. The van der Waals surface area contributed by atoms with Gasteiger partial charge in [-0.1, -0.05) is 13.0 Å². The van der Waals surface area contributed by atoms with Crippen LogP contribution in [0.2, 0.25) is 0 Å². The number of Topliss-reactive ketones (excluding diaryl/α,β-unsaturated/α-hetero) is 1. The zero-order chi connectivity index (χ0) is 23.1. The molecule has 1 N–H and O–H groups in total. The maximum Gasteiger partial charge on any atom is 0.295 e. The molecule has 32 heavy (non-hydrogen) atoms. The molecule has 1 saturated heterocycles. The van der Waals surface area contributed by atoms with Crippen molar-refractivity contribution in [1.29, 1.82) is 0 Å². The van der Waals surface area contributed by atoms with E-state index in [4.69, 9.17) is 9.47 Å². The van der Waals surface area contributed by atoms with Gasteiger partial charge in [0.25, 0.3) is 11.7 Å². The largest absolute Gasteiger partial charge is 0.507 e. The molecule has 0 bridgehead atoms.